The van der Waals surface area contributed by atoms with Crippen molar-refractivity contribution >= 4 is 0 Å². The SMILES string of the molecule is CCCCCC[C@H](C)CCCC(C)CCCC. The molecule has 0 heteroatoms. The van der Waals surface area contributed by atoms with Gasteiger partial charge in [-0.3, -0.25) is 0 Å². The Bertz CT molecular complexity index is 139. The molecule has 0 saturated carbocycles. The van der Waals surface area contributed by atoms with Crippen LogP contribution in [0.2, 0.25) is 0 Å². The molecule has 0 fully saturated rings. The maximum atomic E-state index is 2.45. The van der Waals surface area contributed by atoms with Crippen LogP contribution in [0, 0.1) is 11.8 Å². The van der Waals surface area contributed by atoms with E-state index in [1.165, 1.54) is 70.6 Å². The number of hydrogen-bond donors (Lipinski definition) is 0. The van der Waals surface area contributed by atoms with Crippen molar-refractivity contribution in [1.82, 2.24) is 0 Å². The van der Waals surface area contributed by atoms with Crippen molar-refractivity contribution in [3.8, 4) is 0 Å². The third kappa shape index (κ3) is 12.2. The van der Waals surface area contributed by atoms with E-state index in [-0.39, 0.29) is 0 Å². The van der Waals surface area contributed by atoms with E-state index < -0.39 is 0 Å². The number of rotatable bonds is 12. The summed E-state index contributed by atoms with van der Waals surface area (Å²) in [6.45, 7) is 9.47. The summed E-state index contributed by atoms with van der Waals surface area (Å²) in [5.41, 5.74) is 0. The smallest absolute Gasteiger partial charge is 0.0443 e. The number of unbranched alkanes of at least 4 members (excludes halogenated alkanes) is 4. The predicted octanol–water partition coefficient (Wildman–Crippen LogP) is 6.59. The summed E-state index contributed by atoms with van der Waals surface area (Å²) in [7, 11) is 0. The average Bonchev–Trinajstić information content (AvgIpc) is 2.32. The molecule has 0 amide bonds. The lowest BCUT2D eigenvalue weighted by molar-refractivity contribution is 0.395. The van der Waals surface area contributed by atoms with E-state index >= 15 is 0 Å². The highest BCUT2D eigenvalue weighted by Crippen LogP contribution is 2.20. The summed E-state index contributed by atoms with van der Waals surface area (Å²) in [5, 5.41) is 0. The Morgan fingerprint density at radius 2 is 1.00 bits per heavy atom. The third-order valence-electron chi connectivity index (χ3n) is 3.99. The van der Waals surface area contributed by atoms with Crippen molar-refractivity contribution in [1.29, 1.82) is 0 Å². The summed E-state index contributed by atoms with van der Waals surface area (Å²) in [6, 6.07) is 0. The molecule has 0 spiro atoms. The summed E-state index contributed by atoms with van der Waals surface area (Å²) in [6.07, 6.45) is 15.8. The van der Waals surface area contributed by atoms with E-state index in [9.17, 15) is 0 Å². The lowest BCUT2D eigenvalue weighted by Gasteiger charge is -2.14. The maximum absolute atomic E-state index is 2.45. The van der Waals surface area contributed by atoms with Crippen LogP contribution in [-0.2, 0) is 0 Å². The summed E-state index contributed by atoms with van der Waals surface area (Å²) in [5.74, 6) is 1.92. The zero-order chi connectivity index (χ0) is 12.9. The molecule has 0 saturated heterocycles. The second kappa shape index (κ2) is 12.5. The molecule has 0 nitrogen and oxygen atoms in total. The standard InChI is InChI=1S/C17H36/c1-5-7-9-10-13-17(4)15-11-14-16(3)12-8-6-2/h16-17H,5-15H2,1-4H3/t16?,17-/m0/s1. The summed E-state index contributed by atoms with van der Waals surface area (Å²) in [4.78, 5) is 0. The fourth-order valence-corrected chi connectivity index (χ4v) is 2.58. The highest BCUT2D eigenvalue weighted by molar-refractivity contribution is 4.58. The molecule has 0 heterocycles. The van der Waals surface area contributed by atoms with Gasteiger partial charge in [-0.2, -0.15) is 0 Å². The van der Waals surface area contributed by atoms with Gasteiger partial charge < -0.3 is 0 Å². The van der Waals surface area contributed by atoms with Crippen molar-refractivity contribution in [2.75, 3.05) is 0 Å². The zero-order valence-corrected chi connectivity index (χ0v) is 12.9. The minimum absolute atomic E-state index is 0.960. The lowest BCUT2D eigenvalue weighted by atomic mass is 9.92. The van der Waals surface area contributed by atoms with Gasteiger partial charge in [-0.25, -0.2) is 0 Å². The van der Waals surface area contributed by atoms with Crippen LogP contribution in [0.3, 0.4) is 0 Å². The molecule has 0 N–H and O–H groups in total. The molecule has 0 aromatic heterocycles. The van der Waals surface area contributed by atoms with Crippen molar-refractivity contribution in [2.45, 2.75) is 98.3 Å². The Morgan fingerprint density at radius 1 is 0.529 bits per heavy atom. The molecule has 0 rings (SSSR count). The van der Waals surface area contributed by atoms with Gasteiger partial charge in [-0.1, -0.05) is 98.3 Å². The minimum atomic E-state index is 0.960. The van der Waals surface area contributed by atoms with Gasteiger partial charge >= 0.3 is 0 Å². The number of hydrogen-bond acceptors (Lipinski definition) is 0. The van der Waals surface area contributed by atoms with Crippen LogP contribution < -0.4 is 0 Å². The van der Waals surface area contributed by atoms with Gasteiger partial charge in [0, 0.05) is 0 Å². The van der Waals surface area contributed by atoms with E-state index in [2.05, 4.69) is 27.7 Å². The van der Waals surface area contributed by atoms with Crippen molar-refractivity contribution in [3.05, 3.63) is 0 Å². The Labute approximate surface area is 111 Å². The van der Waals surface area contributed by atoms with Crippen molar-refractivity contribution < 1.29 is 0 Å². The first-order valence-corrected chi connectivity index (χ1v) is 8.20. The van der Waals surface area contributed by atoms with Crippen LogP contribution in [0.15, 0.2) is 0 Å². The van der Waals surface area contributed by atoms with Crippen molar-refractivity contribution in [3.63, 3.8) is 0 Å². The van der Waals surface area contributed by atoms with Crippen LogP contribution in [0.4, 0.5) is 0 Å². The molecule has 0 bridgehead atoms. The van der Waals surface area contributed by atoms with Gasteiger partial charge in [-0.05, 0) is 11.8 Å². The molecular weight excluding hydrogens is 204 g/mol. The van der Waals surface area contributed by atoms with E-state index in [1.807, 2.05) is 0 Å². The molecule has 1 unspecified atom stereocenters. The fourth-order valence-electron chi connectivity index (χ4n) is 2.58. The molecule has 2 atom stereocenters. The van der Waals surface area contributed by atoms with Crippen LogP contribution in [0.5, 0.6) is 0 Å². The molecule has 0 aromatic rings. The lowest BCUT2D eigenvalue weighted by Crippen LogP contribution is -1.99. The van der Waals surface area contributed by atoms with Gasteiger partial charge in [0.15, 0.2) is 0 Å². The van der Waals surface area contributed by atoms with Gasteiger partial charge in [-0.15, -0.1) is 0 Å². The van der Waals surface area contributed by atoms with Crippen LogP contribution in [-0.4, -0.2) is 0 Å². The molecule has 0 aliphatic heterocycles. The zero-order valence-electron chi connectivity index (χ0n) is 12.9. The first-order valence-electron chi connectivity index (χ1n) is 8.20. The highest BCUT2D eigenvalue weighted by atomic mass is 14.1. The normalized spacial score (nSPS) is 14.8. The molecule has 17 heavy (non-hydrogen) atoms. The van der Waals surface area contributed by atoms with Gasteiger partial charge in [0.05, 0.1) is 0 Å². The second-order valence-electron chi connectivity index (χ2n) is 6.13. The molecule has 104 valence electrons. The third-order valence-corrected chi connectivity index (χ3v) is 3.99. The van der Waals surface area contributed by atoms with Gasteiger partial charge in [0.2, 0.25) is 0 Å². The Kier molecular flexibility index (Phi) is 12.5. The molecular formula is C17H36. The van der Waals surface area contributed by atoms with Crippen LogP contribution >= 0.6 is 0 Å². The van der Waals surface area contributed by atoms with E-state index in [1.54, 1.807) is 0 Å². The molecule has 0 aliphatic carbocycles. The molecule has 0 aliphatic rings. The van der Waals surface area contributed by atoms with Gasteiger partial charge in [0.1, 0.15) is 0 Å². The second-order valence-corrected chi connectivity index (χ2v) is 6.13. The first-order chi connectivity index (χ1) is 8.20. The topological polar surface area (TPSA) is 0 Å². The van der Waals surface area contributed by atoms with E-state index in [0.29, 0.717) is 0 Å². The largest absolute Gasteiger partial charge is 0.0654 e. The Hall–Kier alpha value is 0. The quantitative estimate of drug-likeness (QED) is 0.338. The average molecular weight is 240 g/mol. The van der Waals surface area contributed by atoms with Gasteiger partial charge in [0.25, 0.3) is 0 Å². The maximum Gasteiger partial charge on any atom is -0.0443 e. The summed E-state index contributed by atoms with van der Waals surface area (Å²) >= 11 is 0. The fraction of sp³-hybridized carbons (Fsp3) is 1.00. The van der Waals surface area contributed by atoms with E-state index in [4.69, 9.17) is 0 Å². The monoisotopic (exact) mass is 240 g/mol. The molecule has 0 radical (unpaired) electrons. The Balaban J connectivity index is 3.28. The first kappa shape index (κ1) is 17.0. The predicted molar refractivity (Wildman–Crippen MR) is 80.5 cm³/mol. The Morgan fingerprint density at radius 3 is 1.53 bits per heavy atom. The minimum Gasteiger partial charge on any atom is -0.0654 e. The van der Waals surface area contributed by atoms with Crippen LogP contribution in [0.1, 0.15) is 98.3 Å². The summed E-state index contributed by atoms with van der Waals surface area (Å²) < 4.78 is 0. The molecule has 0 aromatic carbocycles. The highest BCUT2D eigenvalue weighted by Gasteiger charge is 2.05. The van der Waals surface area contributed by atoms with E-state index in [0.717, 1.165) is 11.8 Å². The van der Waals surface area contributed by atoms with Crippen molar-refractivity contribution in [2.24, 2.45) is 11.8 Å². The van der Waals surface area contributed by atoms with Crippen LogP contribution in [0.25, 0.3) is 0 Å².